The number of hydrogen-bond acceptors (Lipinski definition) is 9. The molecule has 0 radical (unpaired) electrons. The van der Waals surface area contributed by atoms with E-state index in [2.05, 4.69) is 5.16 Å². The summed E-state index contributed by atoms with van der Waals surface area (Å²) in [7, 11) is 0.798. The highest BCUT2D eigenvalue weighted by Crippen LogP contribution is 2.59. The number of rotatable bonds is 9. The third-order valence-corrected chi connectivity index (χ3v) is 16.1. The van der Waals surface area contributed by atoms with Gasteiger partial charge in [-0.3, -0.25) is 14.5 Å². The Hall–Kier alpha value is -4.58. The topological polar surface area (TPSA) is 111 Å². The molecule has 53 heavy (non-hydrogen) atoms. The van der Waals surface area contributed by atoms with E-state index in [0.29, 0.717) is 17.1 Å². The molecule has 1 aromatic heterocycles. The first-order valence-electron chi connectivity index (χ1n) is 18.1. The van der Waals surface area contributed by atoms with Gasteiger partial charge in [0, 0.05) is 17.1 Å². The van der Waals surface area contributed by atoms with Crippen LogP contribution in [0.5, 0.6) is 11.6 Å². The Morgan fingerprint density at radius 2 is 1.57 bits per heavy atom. The van der Waals surface area contributed by atoms with Crippen molar-refractivity contribution in [3.63, 3.8) is 0 Å². The highest BCUT2D eigenvalue weighted by Gasteiger charge is 2.69. The van der Waals surface area contributed by atoms with E-state index in [-0.39, 0.29) is 60.0 Å². The zero-order valence-electron chi connectivity index (χ0n) is 31.6. The maximum absolute atomic E-state index is 15.9. The normalized spacial score (nSPS) is 22.6. The van der Waals surface area contributed by atoms with E-state index in [4.69, 9.17) is 18.4 Å². The second kappa shape index (κ2) is 13.4. The van der Waals surface area contributed by atoms with E-state index in [9.17, 15) is 5.11 Å². The first kappa shape index (κ1) is 36.8. The molecule has 1 N–H and O–H groups in total. The van der Waals surface area contributed by atoms with E-state index < -0.39 is 54.2 Å². The van der Waals surface area contributed by atoms with Gasteiger partial charge in [0.1, 0.15) is 36.1 Å². The lowest BCUT2D eigenvalue weighted by Crippen LogP contribution is -2.68. The van der Waals surface area contributed by atoms with Crippen LogP contribution in [-0.2, 0) is 28.9 Å². The SMILES string of the molecule is Cc1cc(F)c2c(c1OCc1ccccc1)C(O)=C1C(=O)C3(O[Si](C)(C)C(C)(C)C)C(=O)c4c(OCc5ccccc5)noc4[C@@H](N(C)C)[C@@H]3C[C@@H]1C2. The van der Waals surface area contributed by atoms with Gasteiger partial charge in [-0.2, -0.15) is 0 Å². The maximum atomic E-state index is 15.9. The molecule has 9 nitrogen and oxygen atoms in total. The molecular weight excluding hydrogens is 692 g/mol. The predicted molar refractivity (Wildman–Crippen MR) is 201 cm³/mol. The minimum atomic E-state index is -2.92. The standard InChI is InChI=1S/C42H47FN2O7Si/c1-24-19-30(43)28-20-27-21-29-34(45(5)6)37-33(40(44-51-37)50-23-26-17-13-10-14-18-26)39(48)42(29,52-53(7,8)41(2,3)4)38(47)31(27)35(46)32(28)36(24)49-22-25-15-11-9-12-16-25/h9-19,27,29,34,46H,20-23H2,1-8H3/t27-,29-,34-,42?/m0/s1. The number of halogens is 1. The Labute approximate surface area is 310 Å². The number of carbonyl (C=O) groups is 2. The van der Waals surface area contributed by atoms with Crippen molar-refractivity contribution in [2.75, 3.05) is 14.1 Å². The lowest BCUT2D eigenvalue weighted by atomic mass is 9.57. The molecule has 0 aliphatic heterocycles. The van der Waals surface area contributed by atoms with Gasteiger partial charge in [0.05, 0.1) is 11.6 Å². The summed E-state index contributed by atoms with van der Waals surface area (Å²) < 4.78 is 41.5. The molecule has 3 aliphatic rings. The molecule has 7 rings (SSSR count). The van der Waals surface area contributed by atoms with E-state index in [1.54, 1.807) is 6.92 Å². The van der Waals surface area contributed by atoms with Crippen LogP contribution >= 0.6 is 0 Å². The predicted octanol–water partition coefficient (Wildman–Crippen LogP) is 8.57. The first-order chi connectivity index (χ1) is 25.1. The van der Waals surface area contributed by atoms with E-state index in [1.165, 1.54) is 6.07 Å². The van der Waals surface area contributed by atoms with Crippen LogP contribution in [0.3, 0.4) is 0 Å². The van der Waals surface area contributed by atoms with Gasteiger partial charge in [0.25, 0.3) is 5.88 Å². The fraction of sp³-hybridized carbons (Fsp3) is 0.405. The average Bonchev–Trinajstić information content (AvgIpc) is 3.52. The van der Waals surface area contributed by atoms with Gasteiger partial charge in [-0.1, -0.05) is 81.4 Å². The number of hydrogen-bond donors (Lipinski definition) is 1. The number of ether oxygens (including phenoxy) is 2. The third kappa shape index (κ3) is 6.02. The molecule has 0 bridgehead atoms. The monoisotopic (exact) mass is 738 g/mol. The van der Waals surface area contributed by atoms with Crippen molar-refractivity contribution in [3.8, 4) is 11.6 Å². The number of Topliss-reactive ketones (excluding diaryl/α,β-unsaturated/α-hetero) is 2. The lowest BCUT2D eigenvalue weighted by Gasteiger charge is -2.55. The van der Waals surface area contributed by atoms with Crippen LogP contribution in [0.15, 0.2) is 76.8 Å². The van der Waals surface area contributed by atoms with Crippen LogP contribution in [0.4, 0.5) is 4.39 Å². The minimum Gasteiger partial charge on any atom is -0.507 e. The van der Waals surface area contributed by atoms with Crippen molar-refractivity contribution in [3.05, 3.63) is 117 Å². The van der Waals surface area contributed by atoms with Gasteiger partial charge in [-0.05, 0) is 85.8 Å². The lowest BCUT2D eigenvalue weighted by molar-refractivity contribution is -0.140. The minimum absolute atomic E-state index is 0.0197. The number of benzene rings is 3. The van der Waals surface area contributed by atoms with Crippen molar-refractivity contribution >= 4 is 25.6 Å². The Bertz CT molecular complexity index is 2100. The Morgan fingerprint density at radius 1 is 0.962 bits per heavy atom. The van der Waals surface area contributed by atoms with Crippen molar-refractivity contribution < 1.29 is 37.5 Å². The molecule has 0 spiro atoms. The number of aliphatic hydroxyl groups is 1. The van der Waals surface area contributed by atoms with Crippen molar-refractivity contribution in [2.24, 2.45) is 11.8 Å². The van der Waals surface area contributed by atoms with Crippen LogP contribution in [-0.4, -0.2) is 54.7 Å². The van der Waals surface area contributed by atoms with E-state index >= 15 is 14.0 Å². The summed E-state index contributed by atoms with van der Waals surface area (Å²) in [5.41, 5.74) is 0.716. The number of aliphatic hydroxyl groups excluding tert-OH is 1. The summed E-state index contributed by atoms with van der Waals surface area (Å²) in [5, 5.41) is 16.1. The fourth-order valence-corrected chi connectivity index (χ4v) is 9.45. The van der Waals surface area contributed by atoms with Crippen molar-refractivity contribution in [1.29, 1.82) is 0 Å². The molecule has 0 saturated heterocycles. The van der Waals surface area contributed by atoms with Crippen LogP contribution in [0, 0.1) is 24.6 Å². The van der Waals surface area contributed by atoms with Gasteiger partial charge in [-0.15, -0.1) is 0 Å². The number of aromatic nitrogens is 1. The number of nitrogens with zero attached hydrogens (tertiary/aromatic N) is 2. The molecule has 11 heteroatoms. The Morgan fingerprint density at radius 3 is 2.15 bits per heavy atom. The van der Waals surface area contributed by atoms with Gasteiger partial charge in [-0.25, -0.2) is 4.39 Å². The highest BCUT2D eigenvalue weighted by atomic mass is 28.4. The van der Waals surface area contributed by atoms with E-state index in [1.807, 2.05) is 114 Å². The van der Waals surface area contributed by atoms with Gasteiger partial charge in [0.2, 0.25) is 11.6 Å². The summed E-state index contributed by atoms with van der Waals surface area (Å²) >= 11 is 0. The van der Waals surface area contributed by atoms with Crippen LogP contribution in [0.2, 0.25) is 18.1 Å². The second-order valence-corrected chi connectivity index (χ2v) is 21.0. The molecular formula is C42H47FN2O7Si. The van der Waals surface area contributed by atoms with Gasteiger partial charge < -0.3 is 23.5 Å². The maximum Gasteiger partial charge on any atom is 0.265 e. The van der Waals surface area contributed by atoms with Crippen LogP contribution in [0.25, 0.3) is 5.76 Å². The van der Waals surface area contributed by atoms with Crippen molar-refractivity contribution in [2.45, 2.75) is 83.5 Å². The number of ketones is 2. The quantitative estimate of drug-likeness (QED) is 0.133. The highest BCUT2D eigenvalue weighted by molar-refractivity contribution is 6.74. The molecule has 1 saturated carbocycles. The smallest absolute Gasteiger partial charge is 0.265 e. The Balaban J connectivity index is 1.41. The third-order valence-electron chi connectivity index (χ3n) is 11.6. The van der Waals surface area contributed by atoms with Gasteiger partial charge >= 0.3 is 0 Å². The molecule has 1 unspecified atom stereocenters. The zero-order chi connectivity index (χ0) is 38.0. The zero-order valence-corrected chi connectivity index (χ0v) is 32.6. The average molecular weight is 739 g/mol. The Kier molecular flexibility index (Phi) is 9.27. The first-order valence-corrected chi connectivity index (χ1v) is 21.0. The number of carbonyl (C=O) groups excluding carboxylic acids is 2. The summed E-state index contributed by atoms with van der Waals surface area (Å²) in [6.45, 7) is 12.2. The molecule has 4 atom stereocenters. The van der Waals surface area contributed by atoms with Crippen LogP contribution < -0.4 is 9.47 Å². The molecule has 278 valence electrons. The summed E-state index contributed by atoms with van der Waals surface area (Å²) in [6, 6.07) is 19.8. The fourth-order valence-electron chi connectivity index (χ4n) is 8.01. The largest absolute Gasteiger partial charge is 0.507 e. The molecule has 3 aliphatic carbocycles. The summed E-state index contributed by atoms with van der Waals surface area (Å²) in [4.78, 5) is 32.9. The summed E-state index contributed by atoms with van der Waals surface area (Å²) in [6.07, 6.45) is 0.367. The molecule has 0 amide bonds. The molecule has 1 fully saturated rings. The molecule has 4 aromatic rings. The van der Waals surface area contributed by atoms with E-state index in [0.717, 1.165) is 11.1 Å². The molecule has 1 heterocycles. The summed E-state index contributed by atoms with van der Waals surface area (Å²) in [5.74, 6) is -2.88. The number of fused-ring (bicyclic) bond motifs is 4. The van der Waals surface area contributed by atoms with Crippen LogP contribution in [0.1, 0.15) is 77.2 Å². The second-order valence-electron chi connectivity index (χ2n) is 16.3. The molecule has 3 aromatic carbocycles. The number of aryl methyl sites for hydroxylation is 1. The van der Waals surface area contributed by atoms with Gasteiger partial charge in [0.15, 0.2) is 19.7 Å². The van der Waals surface area contributed by atoms with Crippen molar-refractivity contribution in [1.82, 2.24) is 10.1 Å².